The molecule has 3 aromatic rings. The normalized spacial score (nSPS) is 11.4. The highest BCUT2D eigenvalue weighted by molar-refractivity contribution is 5.97. The zero-order valence-electron chi connectivity index (χ0n) is 11.9. The van der Waals surface area contributed by atoms with Crippen LogP contribution in [0.1, 0.15) is 6.92 Å². The molecule has 1 N–H and O–H groups in total. The molecule has 1 aromatic carbocycles. The topological polar surface area (TPSA) is 125 Å². The summed E-state index contributed by atoms with van der Waals surface area (Å²) in [6.07, 6.45) is 0. The van der Waals surface area contributed by atoms with Crippen LogP contribution in [0, 0.1) is 0 Å². The van der Waals surface area contributed by atoms with Crippen molar-refractivity contribution in [2.75, 3.05) is 6.61 Å². The Balaban J connectivity index is 2.44. The molecule has 0 aliphatic carbocycles. The molecular weight excluding hydrogens is 308 g/mol. The maximum atomic E-state index is 12.1. The van der Waals surface area contributed by atoms with Gasteiger partial charge in [0.1, 0.15) is 0 Å². The van der Waals surface area contributed by atoms with E-state index in [4.69, 9.17) is 5.11 Å². The standard InChI is InChI=1S/C14H10N2O7/c1-6(18)23-16-13(21)9-4-7-8(5-10(9)14(16)22)12(20)15(2-3-17)11(7)19/h4-5,17H,2-3H2,1H3. The number of fused-ring (bicyclic) bond motifs is 2. The second-order valence-electron chi connectivity index (χ2n) is 4.92. The fraction of sp³-hybridized carbons (Fsp3) is 0.214. The Hall–Kier alpha value is -3.07. The first-order valence-electron chi connectivity index (χ1n) is 6.59. The number of aromatic nitrogens is 2. The van der Waals surface area contributed by atoms with Gasteiger partial charge < -0.3 is 9.94 Å². The van der Waals surface area contributed by atoms with Gasteiger partial charge >= 0.3 is 5.97 Å². The second kappa shape index (κ2) is 4.99. The Labute approximate surface area is 126 Å². The van der Waals surface area contributed by atoms with Crippen LogP contribution in [0.15, 0.2) is 31.3 Å². The molecule has 0 aliphatic rings. The number of nitrogens with zero attached hydrogens (tertiary/aromatic N) is 2. The van der Waals surface area contributed by atoms with E-state index in [1.165, 1.54) is 0 Å². The van der Waals surface area contributed by atoms with E-state index in [0.29, 0.717) is 4.73 Å². The van der Waals surface area contributed by atoms with E-state index in [-0.39, 0.29) is 28.1 Å². The van der Waals surface area contributed by atoms with Crippen LogP contribution >= 0.6 is 0 Å². The monoisotopic (exact) mass is 318 g/mol. The number of aliphatic hydroxyl groups is 1. The molecule has 0 unspecified atom stereocenters. The number of carbonyl (C=O) groups is 1. The molecule has 0 saturated heterocycles. The molecule has 0 bridgehead atoms. The van der Waals surface area contributed by atoms with Gasteiger partial charge in [0, 0.05) is 6.92 Å². The zero-order valence-corrected chi connectivity index (χ0v) is 11.9. The first-order valence-corrected chi connectivity index (χ1v) is 6.59. The molecule has 0 fully saturated rings. The highest BCUT2D eigenvalue weighted by Gasteiger charge is 2.20. The van der Waals surface area contributed by atoms with E-state index in [1.54, 1.807) is 0 Å². The smallest absolute Gasteiger partial charge is 0.330 e. The number of carbonyl (C=O) groups excluding carboxylic acids is 1. The summed E-state index contributed by atoms with van der Waals surface area (Å²) in [6.45, 7) is 0.450. The third-order valence-corrected chi connectivity index (χ3v) is 3.48. The van der Waals surface area contributed by atoms with Crippen molar-refractivity contribution < 1.29 is 14.7 Å². The maximum absolute atomic E-state index is 12.1. The van der Waals surface area contributed by atoms with Crippen molar-refractivity contribution in [1.29, 1.82) is 0 Å². The average molecular weight is 318 g/mol. The van der Waals surface area contributed by atoms with Crippen LogP contribution in [0.5, 0.6) is 0 Å². The maximum Gasteiger partial charge on any atom is 0.330 e. The SMILES string of the molecule is CC(=O)On1c(=O)c2cc3c(=O)n(CCO)c(=O)c3cc2c1=O. The molecule has 2 heterocycles. The van der Waals surface area contributed by atoms with E-state index in [1.807, 2.05) is 0 Å². The number of hydrogen-bond donors (Lipinski definition) is 1. The van der Waals surface area contributed by atoms with Gasteiger partial charge in [-0.3, -0.25) is 23.7 Å². The molecule has 0 spiro atoms. The van der Waals surface area contributed by atoms with Crippen LogP contribution in [0.2, 0.25) is 0 Å². The van der Waals surface area contributed by atoms with Gasteiger partial charge in [0.15, 0.2) is 0 Å². The number of benzene rings is 1. The summed E-state index contributed by atoms with van der Waals surface area (Å²) in [5, 5.41) is 8.59. The van der Waals surface area contributed by atoms with E-state index >= 15 is 0 Å². The fourth-order valence-corrected chi connectivity index (χ4v) is 2.52. The lowest BCUT2D eigenvalue weighted by atomic mass is 10.1. The fourth-order valence-electron chi connectivity index (χ4n) is 2.52. The van der Waals surface area contributed by atoms with Gasteiger partial charge in [-0.05, 0) is 12.1 Å². The molecule has 0 atom stereocenters. The minimum atomic E-state index is -0.885. The summed E-state index contributed by atoms with van der Waals surface area (Å²) < 4.78 is 1.13. The molecule has 3 rings (SSSR count). The van der Waals surface area contributed by atoms with Crippen LogP contribution in [0.3, 0.4) is 0 Å². The molecule has 118 valence electrons. The minimum Gasteiger partial charge on any atom is -0.395 e. The highest BCUT2D eigenvalue weighted by atomic mass is 16.7. The Morgan fingerprint density at radius 2 is 1.39 bits per heavy atom. The summed E-state index contributed by atoms with van der Waals surface area (Å²) in [4.78, 5) is 64.0. The van der Waals surface area contributed by atoms with Crippen LogP contribution in [0.4, 0.5) is 0 Å². The lowest BCUT2D eigenvalue weighted by Gasteiger charge is -1.95. The van der Waals surface area contributed by atoms with Crippen LogP contribution < -0.4 is 27.1 Å². The van der Waals surface area contributed by atoms with Crippen molar-refractivity contribution >= 4 is 27.5 Å². The summed E-state index contributed by atoms with van der Waals surface area (Å²) in [5.41, 5.74) is -3.09. The average Bonchev–Trinajstić information content (AvgIpc) is 2.87. The molecule has 0 amide bonds. The van der Waals surface area contributed by atoms with Gasteiger partial charge in [-0.2, -0.15) is 0 Å². The molecule has 23 heavy (non-hydrogen) atoms. The quantitative estimate of drug-likeness (QED) is 0.585. The largest absolute Gasteiger partial charge is 0.395 e. The lowest BCUT2D eigenvalue weighted by Crippen LogP contribution is -2.34. The summed E-state index contributed by atoms with van der Waals surface area (Å²) in [5.74, 6) is -0.853. The Kier molecular flexibility index (Phi) is 3.22. The summed E-state index contributed by atoms with van der Waals surface area (Å²) >= 11 is 0. The highest BCUT2D eigenvalue weighted by Crippen LogP contribution is 2.14. The van der Waals surface area contributed by atoms with Gasteiger partial charge in [0.25, 0.3) is 22.2 Å². The van der Waals surface area contributed by atoms with Gasteiger partial charge in [-0.25, -0.2) is 4.79 Å². The molecule has 0 radical (unpaired) electrons. The second-order valence-corrected chi connectivity index (χ2v) is 4.92. The van der Waals surface area contributed by atoms with Crippen LogP contribution in [0.25, 0.3) is 21.5 Å². The van der Waals surface area contributed by atoms with Gasteiger partial charge in [-0.1, -0.05) is 4.73 Å². The van der Waals surface area contributed by atoms with Crippen molar-refractivity contribution in [3.05, 3.63) is 53.5 Å². The predicted molar refractivity (Wildman–Crippen MR) is 79.2 cm³/mol. The summed E-state index contributed by atoms with van der Waals surface area (Å²) in [7, 11) is 0. The molecule has 0 saturated carbocycles. The third-order valence-electron chi connectivity index (χ3n) is 3.48. The summed E-state index contributed by atoms with van der Waals surface area (Å²) in [6, 6.07) is 2.26. The van der Waals surface area contributed by atoms with Crippen molar-refractivity contribution in [3.8, 4) is 0 Å². The molecule has 9 nitrogen and oxygen atoms in total. The zero-order chi connectivity index (χ0) is 16.9. The van der Waals surface area contributed by atoms with Crippen molar-refractivity contribution in [2.24, 2.45) is 0 Å². The molecule has 2 aromatic heterocycles. The van der Waals surface area contributed by atoms with Crippen LogP contribution in [-0.4, -0.2) is 27.0 Å². The third kappa shape index (κ3) is 2.01. The van der Waals surface area contributed by atoms with Gasteiger partial charge in [-0.15, -0.1) is 0 Å². The number of aliphatic hydroxyl groups excluding tert-OH is 1. The van der Waals surface area contributed by atoms with E-state index in [9.17, 15) is 24.0 Å². The van der Waals surface area contributed by atoms with Crippen molar-refractivity contribution in [1.82, 2.24) is 9.30 Å². The van der Waals surface area contributed by atoms with E-state index in [0.717, 1.165) is 23.6 Å². The molecule has 9 heteroatoms. The molecular formula is C14H10N2O7. The minimum absolute atomic E-state index is 0.0342. The van der Waals surface area contributed by atoms with Gasteiger partial charge in [0.05, 0.1) is 34.7 Å². The first-order chi connectivity index (χ1) is 10.9. The Bertz CT molecular complexity index is 1080. The Morgan fingerprint density at radius 1 is 0.957 bits per heavy atom. The number of hydrogen-bond acceptors (Lipinski definition) is 7. The lowest BCUT2D eigenvalue weighted by molar-refractivity contribution is -0.142. The van der Waals surface area contributed by atoms with E-state index in [2.05, 4.69) is 4.84 Å². The number of rotatable bonds is 3. The molecule has 0 aliphatic heterocycles. The van der Waals surface area contributed by atoms with Crippen molar-refractivity contribution in [2.45, 2.75) is 13.5 Å². The van der Waals surface area contributed by atoms with Gasteiger partial charge in [0.2, 0.25) is 0 Å². The predicted octanol–water partition coefficient (Wildman–Crippen LogP) is -2.12. The Morgan fingerprint density at radius 3 is 1.78 bits per heavy atom. The van der Waals surface area contributed by atoms with Crippen LogP contribution in [-0.2, 0) is 11.3 Å². The van der Waals surface area contributed by atoms with E-state index < -0.39 is 34.8 Å². The van der Waals surface area contributed by atoms with Crippen molar-refractivity contribution in [3.63, 3.8) is 0 Å². The first kappa shape index (κ1) is 14.9.